The molecule has 5 heteroatoms. The third-order valence-electron chi connectivity index (χ3n) is 5.52. The summed E-state index contributed by atoms with van der Waals surface area (Å²) in [5.74, 6) is -0.410. The summed E-state index contributed by atoms with van der Waals surface area (Å²) in [5, 5.41) is 0. The number of allylic oxidation sites excluding steroid dienone is 2. The number of Topliss-reactive ketones (excluding diaryl/α,β-unsaturated/α-hetero) is 2. The molecule has 0 aromatic carbocycles. The van der Waals surface area contributed by atoms with Gasteiger partial charge in [0.1, 0.15) is 5.78 Å². The van der Waals surface area contributed by atoms with Crippen LogP contribution in [0.1, 0.15) is 71.6 Å². The zero-order chi connectivity index (χ0) is 20.3. The highest BCUT2D eigenvalue weighted by molar-refractivity contribution is 6.33. The Balaban J connectivity index is 2.36. The van der Waals surface area contributed by atoms with Gasteiger partial charge in [-0.2, -0.15) is 0 Å². The molecule has 0 amide bonds. The Morgan fingerprint density at radius 3 is 2.59 bits per heavy atom. The molecule has 1 saturated carbocycles. The molecule has 5 nitrogen and oxygen atoms in total. The van der Waals surface area contributed by atoms with Crippen molar-refractivity contribution in [1.29, 1.82) is 0 Å². The lowest BCUT2D eigenvalue weighted by atomic mass is 9.84. The van der Waals surface area contributed by atoms with Gasteiger partial charge < -0.3 is 9.47 Å². The van der Waals surface area contributed by atoms with Crippen LogP contribution in [0.4, 0.5) is 0 Å². The first-order valence-corrected chi connectivity index (χ1v) is 10.1. The summed E-state index contributed by atoms with van der Waals surface area (Å²) in [6.07, 6.45) is 11.6. The maximum Gasteiger partial charge on any atom is 0.374 e. The molecule has 0 aromatic heterocycles. The van der Waals surface area contributed by atoms with Gasteiger partial charge in [-0.1, -0.05) is 38.8 Å². The van der Waals surface area contributed by atoms with Gasteiger partial charge in [0.25, 0.3) is 0 Å². The Morgan fingerprint density at radius 2 is 1.93 bits per heavy atom. The molecule has 1 aliphatic carbocycles. The number of esters is 1. The van der Waals surface area contributed by atoms with Crippen LogP contribution in [0.2, 0.25) is 0 Å². The summed E-state index contributed by atoms with van der Waals surface area (Å²) < 4.78 is 9.59. The van der Waals surface area contributed by atoms with E-state index in [-0.39, 0.29) is 17.8 Å². The zero-order valence-corrected chi connectivity index (χ0v) is 17.4. The molecule has 1 rings (SSSR count). The van der Waals surface area contributed by atoms with Crippen LogP contribution in [0, 0.1) is 17.3 Å². The first kappa shape index (κ1) is 23.5. The predicted molar refractivity (Wildman–Crippen MR) is 105 cm³/mol. The normalized spacial score (nSPS) is 20.4. The number of methoxy groups -OCH3 is 2. The second kappa shape index (κ2) is 12.1. The molecule has 1 fully saturated rings. The van der Waals surface area contributed by atoms with E-state index in [9.17, 15) is 14.4 Å². The number of carbonyl (C=O) groups is 3. The molecule has 0 spiro atoms. The van der Waals surface area contributed by atoms with Gasteiger partial charge in [-0.3, -0.25) is 9.59 Å². The average Bonchev–Trinajstić information content (AvgIpc) is 2.98. The second-order valence-electron chi connectivity index (χ2n) is 8.33. The third-order valence-corrected chi connectivity index (χ3v) is 5.52. The van der Waals surface area contributed by atoms with Crippen LogP contribution in [0.3, 0.4) is 0 Å². The second-order valence-corrected chi connectivity index (χ2v) is 8.33. The number of hydrogen-bond acceptors (Lipinski definition) is 5. The first-order chi connectivity index (χ1) is 12.8. The van der Waals surface area contributed by atoms with Crippen LogP contribution in [0.25, 0.3) is 0 Å². The summed E-state index contributed by atoms with van der Waals surface area (Å²) in [6.45, 7) is 5.25. The predicted octanol–water partition coefficient (Wildman–Crippen LogP) is 4.28. The topological polar surface area (TPSA) is 69.7 Å². The van der Waals surface area contributed by atoms with Crippen molar-refractivity contribution in [3.63, 3.8) is 0 Å². The van der Waals surface area contributed by atoms with Gasteiger partial charge >= 0.3 is 5.97 Å². The average molecular weight is 381 g/mol. The van der Waals surface area contributed by atoms with E-state index in [1.165, 1.54) is 7.11 Å². The molecule has 0 aromatic rings. The number of carbonyl (C=O) groups excluding carboxylic acids is 3. The maximum atomic E-state index is 12.2. The highest BCUT2D eigenvalue weighted by atomic mass is 16.5. The van der Waals surface area contributed by atoms with E-state index in [2.05, 4.69) is 30.7 Å². The lowest BCUT2D eigenvalue weighted by Gasteiger charge is -2.22. The SMILES string of the molecule is COCCC(C)(C)CC=C[C@H]1CCC(=O)[C@@H]1CCCCCC(=O)C(=O)OC. The molecule has 0 heterocycles. The van der Waals surface area contributed by atoms with Crippen molar-refractivity contribution < 1.29 is 23.9 Å². The van der Waals surface area contributed by atoms with Crippen molar-refractivity contribution in [2.24, 2.45) is 17.3 Å². The van der Waals surface area contributed by atoms with Gasteiger partial charge in [0.15, 0.2) is 0 Å². The fourth-order valence-corrected chi connectivity index (χ4v) is 3.62. The van der Waals surface area contributed by atoms with Crippen LogP contribution in [0.5, 0.6) is 0 Å². The van der Waals surface area contributed by atoms with Gasteiger partial charge in [-0.15, -0.1) is 0 Å². The summed E-state index contributed by atoms with van der Waals surface area (Å²) in [7, 11) is 2.95. The van der Waals surface area contributed by atoms with Crippen molar-refractivity contribution in [3.8, 4) is 0 Å². The first-order valence-electron chi connectivity index (χ1n) is 10.1. The van der Waals surface area contributed by atoms with E-state index in [0.717, 1.165) is 45.1 Å². The molecule has 154 valence electrons. The van der Waals surface area contributed by atoms with Crippen molar-refractivity contribution >= 4 is 17.5 Å². The summed E-state index contributed by atoms with van der Waals surface area (Å²) in [6, 6.07) is 0. The fourth-order valence-electron chi connectivity index (χ4n) is 3.62. The molecular weight excluding hydrogens is 344 g/mol. The number of ketones is 2. The molecular formula is C22H36O5. The molecule has 0 aliphatic heterocycles. The zero-order valence-electron chi connectivity index (χ0n) is 17.4. The fraction of sp³-hybridized carbons (Fsp3) is 0.773. The van der Waals surface area contributed by atoms with Crippen molar-refractivity contribution in [2.45, 2.75) is 71.6 Å². The lowest BCUT2D eigenvalue weighted by molar-refractivity contribution is -0.151. The van der Waals surface area contributed by atoms with Gasteiger partial charge in [-0.25, -0.2) is 4.79 Å². The van der Waals surface area contributed by atoms with E-state index in [1.54, 1.807) is 7.11 Å². The number of hydrogen-bond donors (Lipinski definition) is 0. The van der Waals surface area contributed by atoms with E-state index in [4.69, 9.17) is 4.74 Å². The van der Waals surface area contributed by atoms with Crippen LogP contribution < -0.4 is 0 Å². The Kier molecular flexibility index (Phi) is 10.5. The van der Waals surface area contributed by atoms with Crippen LogP contribution in [-0.4, -0.2) is 38.4 Å². The van der Waals surface area contributed by atoms with Crippen molar-refractivity contribution in [1.82, 2.24) is 0 Å². The minimum atomic E-state index is -0.764. The largest absolute Gasteiger partial charge is 0.463 e. The van der Waals surface area contributed by atoms with E-state index in [1.807, 2.05) is 0 Å². The standard InChI is InChI=1S/C22H36O5/c1-22(2,15-16-26-3)14-8-9-17-12-13-19(23)18(17)10-6-5-7-11-20(24)21(25)27-4/h8-9,17-18H,5-7,10-16H2,1-4H3/t17-,18+/m0/s1. The molecule has 0 saturated heterocycles. The molecule has 0 N–H and O–H groups in total. The van der Waals surface area contributed by atoms with Gasteiger partial charge in [0.2, 0.25) is 5.78 Å². The molecule has 0 radical (unpaired) electrons. The van der Waals surface area contributed by atoms with Crippen LogP contribution >= 0.6 is 0 Å². The Bertz CT molecular complexity index is 521. The van der Waals surface area contributed by atoms with Gasteiger partial charge in [0.05, 0.1) is 7.11 Å². The Morgan fingerprint density at radius 1 is 1.19 bits per heavy atom. The van der Waals surface area contributed by atoms with Gasteiger partial charge in [0, 0.05) is 32.5 Å². The number of unbranched alkanes of at least 4 members (excludes halogenated alkanes) is 2. The molecule has 0 unspecified atom stereocenters. The number of rotatable bonds is 13. The van der Waals surface area contributed by atoms with Crippen molar-refractivity contribution in [2.75, 3.05) is 20.8 Å². The Hall–Kier alpha value is -1.49. The summed E-state index contributed by atoms with van der Waals surface area (Å²) >= 11 is 0. The third kappa shape index (κ3) is 8.83. The highest BCUT2D eigenvalue weighted by Gasteiger charge is 2.32. The van der Waals surface area contributed by atoms with Crippen LogP contribution in [-0.2, 0) is 23.9 Å². The van der Waals surface area contributed by atoms with Crippen molar-refractivity contribution in [3.05, 3.63) is 12.2 Å². The number of ether oxygens (including phenoxy) is 2. The quantitative estimate of drug-likeness (QED) is 0.206. The molecule has 27 heavy (non-hydrogen) atoms. The summed E-state index contributed by atoms with van der Waals surface area (Å²) in [5.41, 5.74) is 0.205. The van der Waals surface area contributed by atoms with E-state index >= 15 is 0 Å². The molecule has 2 atom stereocenters. The van der Waals surface area contributed by atoms with Crippen LogP contribution in [0.15, 0.2) is 12.2 Å². The van der Waals surface area contributed by atoms with E-state index in [0.29, 0.717) is 24.5 Å². The lowest BCUT2D eigenvalue weighted by Crippen LogP contribution is -2.15. The van der Waals surface area contributed by atoms with Gasteiger partial charge in [-0.05, 0) is 43.4 Å². The minimum absolute atomic E-state index is 0.111. The highest BCUT2D eigenvalue weighted by Crippen LogP contribution is 2.35. The minimum Gasteiger partial charge on any atom is -0.463 e. The smallest absolute Gasteiger partial charge is 0.374 e. The molecule has 1 aliphatic rings. The Labute approximate surface area is 163 Å². The van der Waals surface area contributed by atoms with E-state index < -0.39 is 11.8 Å². The maximum absolute atomic E-state index is 12.2. The monoisotopic (exact) mass is 380 g/mol. The molecule has 0 bridgehead atoms. The summed E-state index contributed by atoms with van der Waals surface area (Å²) in [4.78, 5) is 34.7.